The fraction of sp³-hybridized carbons (Fsp3) is 0.263. The second-order valence-electron chi connectivity index (χ2n) is 6.03. The molecule has 0 spiro atoms. The van der Waals surface area contributed by atoms with Crippen molar-refractivity contribution in [1.29, 1.82) is 0 Å². The van der Waals surface area contributed by atoms with Gasteiger partial charge >= 0.3 is 5.97 Å². The van der Waals surface area contributed by atoms with Crippen LogP contribution in [0.5, 0.6) is 0 Å². The lowest BCUT2D eigenvalue weighted by molar-refractivity contribution is -0.384. The molecule has 0 N–H and O–H groups in total. The molecule has 1 amide bonds. The summed E-state index contributed by atoms with van der Waals surface area (Å²) in [7, 11) is 0. The molecule has 0 radical (unpaired) electrons. The molecule has 2 aromatic rings. The third kappa shape index (κ3) is 5.07. The van der Waals surface area contributed by atoms with Crippen LogP contribution in [0, 0.1) is 10.1 Å². The summed E-state index contributed by atoms with van der Waals surface area (Å²) in [6, 6.07) is 13.9. The standard InChI is InChI=1S/C19H18N2O5S/c22-18(20-10-9-14-3-1-2-4-15(14)11-20)12-26-19(23)13-27-17-7-5-16(6-8-17)21(24)25/h1-8H,9-13H2. The molecule has 27 heavy (non-hydrogen) atoms. The van der Waals surface area contributed by atoms with Crippen molar-refractivity contribution >= 4 is 29.3 Å². The van der Waals surface area contributed by atoms with Gasteiger partial charge in [0.05, 0.1) is 10.7 Å². The number of nitrogens with zero attached hydrogens (tertiary/aromatic N) is 2. The van der Waals surface area contributed by atoms with E-state index in [-0.39, 0.29) is 24.0 Å². The van der Waals surface area contributed by atoms with Gasteiger partial charge in [0.2, 0.25) is 0 Å². The number of benzene rings is 2. The summed E-state index contributed by atoms with van der Waals surface area (Å²) in [5, 5.41) is 10.6. The van der Waals surface area contributed by atoms with Gasteiger partial charge < -0.3 is 9.64 Å². The third-order valence-corrected chi connectivity index (χ3v) is 5.23. The van der Waals surface area contributed by atoms with E-state index in [0.717, 1.165) is 16.9 Å². The highest BCUT2D eigenvalue weighted by molar-refractivity contribution is 8.00. The molecule has 0 unspecified atom stereocenters. The maximum atomic E-state index is 12.3. The number of fused-ring (bicyclic) bond motifs is 1. The maximum absolute atomic E-state index is 12.3. The van der Waals surface area contributed by atoms with Gasteiger partial charge in [-0.05, 0) is 29.7 Å². The average Bonchev–Trinajstić information content (AvgIpc) is 2.70. The van der Waals surface area contributed by atoms with Crippen LogP contribution in [-0.2, 0) is 27.3 Å². The lowest BCUT2D eigenvalue weighted by atomic mass is 10.00. The maximum Gasteiger partial charge on any atom is 0.316 e. The Kier molecular flexibility index (Phi) is 6.08. The summed E-state index contributed by atoms with van der Waals surface area (Å²) >= 11 is 1.20. The molecule has 2 aromatic carbocycles. The fourth-order valence-corrected chi connectivity index (χ4v) is 3.49. The zero-order valence-electron chi connectivity index (χ0n) is 14.5. The topological polar surface area (TPSA) is 89.7 Å². The molecule has 0 saturated heterocycles. The Bertz CT molecular complexity index is 853. The first-order chi connectivity index (χ1) is 13.0. The summed E-state index contributed by atoms with van der Waals surface area (Å²) in [6.45, 7) is 0.872. The first-order valence-electron chi connectivity index (χ1n) is 8.40. The summed E-state index contributed by atoms with van der Waals surface area (Å²) < 4.78 is 5.07. The molecule has 0 fully saturated rings. The first-order valence-corrected chi connectivity index (χ1v) is 9.39. The zero-order chi connectivity index (χ0) is 19.2. The van der Waals surface area contributed by atoms with Crippen molar-refractivity contribution < 1.29 is 19.2 Å². The fourth-order valence-electron chi connectivity index (χ4n) is 2.79. The molecule has 0 aliphatic carbocycles. The minimum Gasteiger partial charge on any atom is -0.455 e. The molecule has 1 aliphatic rings. The Morgan fingerprint density at radius 2 is 1.81 bits per heavy atom. The number of amides is 1. The SMILES string of the molecule is O=C(CSc1ccc([N+](=O)[O-])cc1)OCC(=O)N1CCc2ccccc2C1. The third-order valence-electron chi connectivity index (χ3n) is 4.24. The summed E-state index contributed by atoms with van der Waals surface area (Å²) in [6.07, 6.45) is 0.797. The van der Waals surface area contributed by atoms with E-state index in [9.17, 15) is 19.7 Å². The van der Waals surface area contributed by atoms with Crippen LogP contribution in [0.25, 0.3) is 0 Å². The number of carbonyl (C=O) groups is 2. The predicted octanol–water partition coefficient (Wildman–Crippen LogP) is 2.82. The van der Waals surface area contributed by atoms with Crippen LogP contribution in [0.2, 0.25) is 0 Å². The number of carbonyl (C=O) groups excluding carboxylic acids is 2. The number of hydrogen-bond donors (Lipinski definition) is 0. The lowest BCUT2D eigenvalue weighted by Crippen LogP contribution is -2.38. The number of thioether (sulfide) groups is 1. The van der Waals surface area contributed by atoms with E-state index < -0.39 is 10.9 Å². The Balaban J connectivity index is 1.42. The van der Waals surface area contributed by atoms with E-state index in [1.54, 1.807) is 17.0 Å². The monoisotopic (exact) mass is 386 g/mol. The molecular formula is C19H18N2O5S. The number of nitro groups is 1. The van der Waals surface area contributed by atoms with Gasteiger partial charge in [-0.25, -0.2) is 0 Å². The van der Waals surface area contributed by atoms with Gasteiger partial charge in [-0.3, -0.25) is 19.7 Å². The van der Waals surface area contributed by atoms with Crippen molar-refractivity contribution in [3.8, 4) is 0 Å². The van der Waals surface area contributed by atoms with Crippen LogP contribution in [0.4, 0.5) is 5.69 Å². The minimum atomic E-state index is -0.496. The van der Waals surface area contributed by atoms with E-state index in [1.165, 1.54) is 29.5 Å². The number of ether oxygens (including phenoxy) is 1. The Morgan fingerprint density at radius 3 is 2.52 bits per heavy atom. The number of esters is 1. The van der Waals surface area contributed by atoms with Crippen molar-refractivity contribution in [1.82, 2.24) is 4.90 Å². The van der Waals surface area contributed by atoms with Gasteiger partial charge in [0.1, 0.15) is 0 Å². The highest BCUT2D eigenvalue weighted by Gasteiger charge is 2.21. The number of hydrogen-bond acceptors (Lipinski definition) is 6. The van der Waals surface area contributed by atoms with Crippen LogP contribution in [0.3, 0.4) is 0 Å². The largest absolute Gasteiger partial charge is 0.455 e. The molecule has 140 valence electrons. The van der Waals surface area contributed by atoms with E-state index in [2.05, 4.69) is 6.07 Å². The molecule has 0 aromatic heterocycles. The molecule has 7 nitrogen and oxygen atoms in total. The van der Waals surface area contributed by atoms with Crippen molar-refractivity contribution in [3.63, 3.8) is 0 Å². The molecule has 3 rings (SSSR count). The number of nitro benzene ring substituents is 1. The minimum absolute atomic E-state index is 0.00405. The number of rotatable bonds is 6. The van der Waals surface area contributed by atoms with Crippen LogP contribution in [-0.4, -0.2) is 40.6 Å². The molecule has 0 atom stereocenters. The normalized spacial score (nSPS) is 13.0. The van der Waals surface area contributed by atoms with Crippen molar-refractivity contribution in [2.75, 3.05) is 18.9 Å². The van der Waals surface area contributed by atoms with Crippen LogP contribution >= 0.6 is 11.8 Å². The highest BCUT2D eigenvalue weighted by atomic mass is 32.2. The quantitative estimate of drug-likeness (QED) is 0.328. The van der Waals surface area contributed by atoms with E-state index in [1.807, 2.05) is 18.2 Å². The second-order valence-corrected chi connectivity index (χ2v) is 7.08. The molecule has 8 heteroatoms. The lowest BCUT2D eigenvalue weighted by Gasteiger charge is -2.28. The Labute approximate surface area is 160 Å². The first kappa shape index (κ1) is 18.9. The van der Waals surface area contributed by atoms with E-state index in [4.69, 9.17) is 4.74 Å². The van der Waals surface area contributed by atoms with Crippen molar-refractivity contribution in [2.45, 2.75) is 17.9 Å². The highest BCUT2D eigenvalue weighted by Crippen LogP contribution is 2.22. The molecule has 1 aliphatic heterocycles. The van der Waals surface area contributed by atoms with E-state index in [0.29, 0.717) is 13.1 Å². The van der Waals surface area contributed by atoms with Crippen LogP contribution in [0.15, 0.2) is 53.4 Å². The van der Waals surface area contributed by atoms with Crippen LogP contribution < -0.4 is 0 Å². The predicted molar refractivity (Wildman–Crippen MR) is 100 cm³/mol. The Morgan fingerprint density at radius 1 is 1.11 bits per heavy atom. The molecule has 1 heterocycles. The summed E-state index contributed by atoms with van der Waals surface area (Å²) in [5.74, 6) is -0.671. The molecule has 0 saturated carbocycles. The van der Waals surface area contributed by atoms with Crippen molar-refractivity contribution in [2.24, 2.45) is 0 Å². The summed E-state index contributed by atoms with van der Waals surface area (Å²) in [4.78, 5) is 36.7. The van der Waals surface area contributed by atoms with Gasteiger partial charge in [0, 0.05) is 30.1 Å². The zero-order valence-corrected chi connectivity index (χ0v) is 15.3. The van der Waals surface area contributed by atoms with Gasteiger partial charge in [-0.1, -0.05) is 24.3 Å². The smallest absolute Gasteiger partial charge is 0.316 e. The molecule has 0 bridgehead atoms. The van der Waals surface area contributed by atoms with Gasteiger partial charge in [-0.15, -0.1) is 11.8 Å². The van der Waals surface area contributed by atoms with Crippen LogP contribution in [0.1, 0.15) is 11.1 Å². The summed E-state index contributed by atoms with van der Waals surface area (Å²) in [5.41, 5.74) is 2.37. The number of non-ortho nitro benzene ring substituents is 1. The Hall–Kier alpha value is -2.87. The van der Waals surface area contributed by atoms with Gasteiger partial charge in [0.25, 0.3) is 11.6 Å². The van der Waals surface area contributed by atoms with E-state index >= 15 is 0 Å². The second kappa shape index (κ2) is 8.68. The molecular weight excluding hydrogens is 368 g/mol. The van der Waals surface area contributed by atoms with Gasteiger partial charge in [-0.2, -0.15) is 0 Å². The average molecular weight is 386 g/mol. The van der Waals surface area contributed by atoms with Crippen molar-refractivity contribution in [3.05, 3.63) is 69.8 Å². The van der Waals surface area contributed by atoms with Gasteiger partial charge in [0.15, 0.2) is 6.61 Å².